The van der Waals surface area contributed by atoms with Crippen LogP contribution < -0.4 is 10.2 Å². The third-order valence-corrected chi connectivity index (χ3v) is 4.06. The van der Waals surface area contributed by atoms with Gasteiger partial charge in [0.15, 0.2) is 0 Å². The van der Waals surface area contributed by atoms with Gasteiger partial charge in [-0.3, -0.25) is 0 Å². The minimum atomic E-state index is -0.328. The van der Waals surface area contributed by atoms with E-state index in [-0.39, 0.29) is 24.4 Å². The molecule has 0 bridgehead atoms. The van der Waals surface area contributed by atoms with E-state index in [9.17, 15) is 0 Å². The lowest BCUT2D eigenvalue weighted by atomic mass is 9.79. The number of hydrogen-bond acceptors (Lipinski definition) is 3. The van der Waals surface area contributed by atoms with E-state index in [1.165, 1.54) is 0 Å². The fraction of sp³-hybridized carbons (Fsp3) is 0.500. The van der Waals surface area contributed by atoms with Crippen LogP contribution in [0.1, 0.15) is 34.6 Å². The molecule has 0 N–H and O–H groups in total. The Kier molecular flexibility index (Phi) is 3.98. The van der Waals surface area contributed by atoms with Crippen molar-refractivity contribution in [2.24, 2.45) is 0 Å². The van der Waals surface area contributed by atoms with E-state index >= 15 is 0 Å². The molecule has 1 saturated heterocycles. The predicted molar refractivity (Wildman–Crippen MR) is 82.4 cm³/mol. The van der Waals surface area contributed by atoms with E-state index in [2.05, 4.69) is 34.3 Å². The molecule has 2 rings (SSSR count). The second-order valence-corrected chi connectivity index (χ2v) is 6.22. The second kappa shape index (κ2) is 5.26. The summed E-state index contributed by atoms with van der Waals surface area (Å²) in [4.78, 5) is 0. The Balaban J connectivity index is 2.10. The SMILES string of the molecule is C=CC(C)Oc1ccc(B2OC(C)(C)C(C)(C)O2)cc1. The maximum atomic E-state index is 6.01. The Morgan fingerprint density at radius 2 is 1.60 bits per heavy atom. The molecule has 1 atom stereocenters. The number of benzene rings is 1. The molecular formula is C16H23BO3. The van der Waals surface area contributed by atoms with Gasteiger partial charge in [-0.2, -0.15) is 0 Å². The Morgan fingerprint density at radius 1 is 1.10 bits per heavy atom. The van der Waals surface area contributed by atoms with Gasteiger partial charge in [0.05, 0.1) is 11.2 Å². The van der Waals surface area contributed by atoms with E-state index < -0.39 is 0 Å². The van der Waals surface area contributed by atoms with Crippen LogP contribution in [-0.2, 0) is 9.31 Å². The summed E-state index contributed by atoms with van der Waals surface area (Å²) in [5, 5.41) is 0. The molecule has 1 aliphatic heterocycles. The highest BCUT2D eigenvalue weighted by Gasteiger charge is 2.51. The van der Waals surface area contributed by atoms with Crippen molar-refractivity contribution in [2.75, 3.05) is 0 Å². The highest BCUT2D eigenvalue weighted by molar-refractivity contribution is 6.62. The fourth-order valence-corrected chi connectivity index (χ4v) is 1.95. The molecule has 0 saturated carbocycles. The van der Waals surface area contributed by atoms with Crippen molar-refractivity contribution in [3.63, 3.8) is 0 Å². The zero-order chi connectivity index (χ0) is 15.0. The van der Waals surface area contributed by atoms with E-state index in [1.807, 2.05) is 31.2 Å². The van der Waals surface area contributed by atoms with Crippen molar-refractivity contribution in [3.05, 3.63) is 36.9 Å². The summed E-state index contributed by atoms with van der Waals surface area (Å²) >= 11 is 0. The Bertz CT molecular complexity index is 463. The molecule has 1 heterocycles. The minimum absolute atomic E-state index is 0.00213. The molecule has 20 heavy (non-hydrogen) atoms. The largest absolute Gasteiger partial charge is 0.494 e. The topological polar surface area (TPSA) is 27.7 Å². The molecule has 3 nitrogen and oxygen atoms in total. The monoisotopic (exact) mass is 274 g/mol. The molecule has 0 radical (unpaired) electrons. The summed E-state index contributed by atoms with van der Waals surface area (Å²) in [6.45, 7) is 13.9. The van der Waals surface area contributed by atoms with Gasteiger partial charge in [-0.25, -0.2) is 0 Å². The van der Waals surface area contributed by atoms with Crippen LogP contribution in [0.25, 0.3) is 0 Å². The van der Waals surface area contributed by atoms with E-state index in [0.717, 1.165) is 11.2 Å². The normalized spacial score (nSPS) is 21.6. The summed E-state index contributed by atoms with van der Waals surface area (Å²) in [7, 11) is -0.328. The van der Waals surface area contributed by atoms with E-state index in [4.69, 9.17) is 14.0 Å². The van der Waals surface area contributed by atoms with Gasteiger partial charge in [-0.1, -0.05) is 24.8 Å². The lowest BCUT2D eigenvalue weighted by Gasteiger charge is -2.32. The first-order valence-electron chi connectivity index (χ1n) is 7.00. The standard InChI is InChI=1S/C16H23BO3/c1-7-12(2)18-14-10-8-13(9-11-14)17-19-15(3,4)16(5,6)20-17/h7-12H,1H2,2-6H3. The van der Waals surface area contributed by atoms with Gasteiger partial charge >= 0.3 is 7.12 Å². The van der Waals surface area contributed by atoms with Crippen LogP contribution in [0.5, 0.6) is 5.75 Å². The molecule has 0 aromatic heterocycles. The molecule has 108 valence electrons. The molecule has 0 aliphatic carbocycles. The van der Waals surface area contributed by atoms with E-state index in [1.54, 1.807) is 6.08 Å². The van der Waals surface area contributed by atoms with Crippen LogP contribution in [0.2, 0.25) is 0 Å². The molecular weight excluding hydrogens is 251 g/mol. The number of hydrogen-bond donors (Lipinski definition) is 0. The zero-order valence-corrected chi connectivity index (χ0v) is 13.0. The summed E-state index contributed by atoms with van der Waals surface area (Å²) in [5.41, 5.74) is 0.372. The Morgan fingerprint density at radius 3 is 2.05 bits per heavy atom. The second-order valence-electron chi connectivity index (χ2n) is 6.22. The Labute approximate surface area is 122 Å². The fourth-order valence-electron chi connectivity index (χ4n) is 1.95. The van der Waals surface area contributed by atoms with Crippen LogP contribution in [0, 0.1) is 0 Å². The highest BCUT2D eigenvalue weighted by atomic mass is 16.7. The van der Waals surface area contributed by atoms with Crippen LogP contribution in [0.15, 0.2) is 36.9 Å². The van der Waals surface area contributed by atoms with E-state index in [0.29, 0.717) is 0 Å². The van der Waals surface area contributed by atoms with Gasteiger partial charge in [0.25, 0.3) is 0 Å². The van der Waals surface area contributed by atoms with Crippen molar-refractivity contribution < 1.29 is 14.0 Å². The van der Waals surface area contributed by atoms with Gasteiger partial charge in [0.1, 0.15) is 11.9 Å². The summed E-state index contributed by atoms with van der Waals surface area (Å²) < 4.78 is 17.7. The van der Waals surface area contributed by atoms with Crippen molar-refractivity contribution in [3.8, 4) is 5.75 Å². The first kappa shape index (κ1) is 15.1. The molecule has 1 aliphatic rings. The maximum Gasteiger partial charge on any atom is 0.494 e. The van der Waals surface area contributed by atoms with Gasteiger partial charge in [0.2, 0.25) is 0 Å². The van der Waals surface area contributed by atoms with Crippen LogP contribution in [0.4, 0.5) is 0 Å². The minimum Gasteiger partial charge on any atom is -0.487 e. The highest BCUT2D eigenvalue weighted by Crippen LogP contribution is 2.36. The lowest BCUT2D eigenvalue weighted by molar-refractivity contribution is 0.00578. The molecule has 4 heteroatoms. The summed E-state index contributed by atoms with van der Waals surface area (Å²) in [5.74, 6) is 0.817. The van der Waals surface area contributed by atoms with Crippen LogP contribution in [0.3, 0.4) is 0 Å². The lowest BCUT2D eigenvalue weighted by Crippen LogP contribution is -2.41. The molecule has 1 aromatic rings. The van der Waals surface area contributed by atoms with Crippen molar-refractivity contribution in [1.29, 1.82) is 0 Å². The molecule has 0 spiro atoms. The summed E-state index contributed by atoms with van der Waals surface area (Å²) in [6, 6.07) is 7.82. The quantitative estimate of drug-likeness (QED) is 0.624. The van der Waals surface area contributed by atoms with Crippen LogP contribution >= 0.6 is 0 Å². The van der Waals surface area contributed by atoms with Gasteiger partial charge in [-0.15, -0.1) is 0 Å². The molecule has 0 amide bonds. The van der Waals surface area contributed by atoms with Crippen molar-refractivity contribution in [1.82, 2.24) is 0 Å². The maximum absolute atomic E-state index is 6.01. The zero-order valence-electron chi connectivity index (χ0n) is 13.0. The molecule has 1 unspecified atom stereocenters. The van der Waals surface area contributed by atoms with Crippen molar-refractivity contribution >= 4 is 12.6 Å². The smallest absolute Gasteiger partial charge is 0.487 e. The van der Waals surface area contributed by atoms with Gasteiger partial charge in [-0.05, 0) is 52.2 Å². The number of rotatable bonds is 4. The third-order valence-electron chi connectivity index (χ3n) is 4.06. The van der Waals surface area contributed by atoms with Gasteiger partial charge < -0.3 is 14.0 Å². The number of ether oxygens (including phenoxy) is 1. The Hall–Kier alpha value is -1.26. The van der Waals surface area contributed by atoms with Crippen LogP contribution in [-0.4, -0.2) is 24.4 Å². The van der Waals surface area contributed by atoms with Crippen molar-refractivity contribution in [2.45, 2.75) is 51.9 Å². The third kappa shape index (κ3) is 2.91. The first-order chi connectivity index (χ1) is 9.25. The summed E-state index contributed by atoms with van der Waals surface area (Å²) in [6.07, 6.45) is 1.76. The predicted octanol–water partition coefficient (Wildman–Crippen LogP) is 2.94. The molecule has 1 aromatic carbocycles. The van der Waals surface area contributed by atoms with Gasteiger partial charge in [0, 0.05) is 0 Å². The average Bonchev–Trinajstić information content (AvgIpc) is 2.59. The molecule has 1 fully saturated rings. The first-order valence-corrected chi connectivity index (χ1v) is 7.00. The average molecular weight is 274 g/mol.